The summed E-state index contributed by atoms with van der Waals surface area (Å²) < 4.78 is 0. The molecule has 1 heterocycles. The molecule has 1 aliphatic heterocycles. The topological polar surface area (TPSA) is 49.4 Å². The standard InChI is InChI=1S/C22H24N2O2/c1-16(2)22(26)23-14-13-21(25)24-15-19-9-4-3-7-17(19)11-12-18-8-5-6-10-20(18)24/h3-12,16H,13-15H2,1-2H3,(H,23,26)/b12-11-. The van der Waals surface area contributed by atoms with Crippen molar-refractivity contribution in [2.75, 3.05) is 11.4 Å². The van der Waals surface area contributed by atoms with Gasteiger partial charge in [-0.2, -0.15) is 0 Å². The van der Waals surface area contributed by atoms with E-state index in [9.17, 15) is 9.59 Å². The number of amides is 2. The summed E-state index contributed by atoms with van der Waals surface area (Å²) in [6.07, 6.45) is 4.42. The SMILES string of the molecule is CC(C)C(=O)NCCC(=O)N1Cc2ccccc2/C=C\c2ccccc21. The first-order chi connectivity index (χ1) is 12.6. The second kappa shape index (κ2) is 8.00. The maximum atomic E-state index is 12.9. The zero-order chi connectivity index (χ0) is 18.5. The second-order valence-corrected chi connectivity index (χ2v) is 6.77. The molecule has 4 heteroatoms. The van der Waals surface area contributed by atoms with Gasteiger partial charge < -0.3 is 10.2 Å². The molecule has 0 fully saturated rings. The quantitative estimate of drug-likeness (QED) is 0.912. The third-order valence-electron chi connectivity index (χ3n) is 4.52. The number of nitrogens with one attached hydrogen (secondary N) is 1. The molecule has 0 aliphatic carbocycles. The van der Waals surface area contributed by atoms with Crippen LogP contribution in [0.1, 0.15) is 37.0 Å². The lowest BCUT2D eigenvalue weighted by Gasteiger charge is -2.27. The molecule has 0 aromatic heterocycles. The number of hydrogen-bond donors (Lipinski definition) is 1. The molecule has 2 aromatic carbocycles. The number of carbonyl (C=O) groups is 2. The van der Waals surface area contributed by atoms with Crippen LogP contribution in [0.25, 0.3) is 12.2 Å². The first-order valence-corrected chi connectivity index (χ1v) is 8.99. The number of nitrogens with zero attached hydrogens (tertiary/aromatic N) is 1. The average molecular weight is 348 g/mol. The van der Waals surface area contributed by atoms with E-state index in [-0.39, 0.29) is 24.2 Å². The van der Waals surface area contributed by atoms with E-state index in [4.69, 9.17) is 0 Å². The number of benzene rings is 2. The van der Waals surface area contributed by atoms with Crippen molar-refractivity contribution in [3.05, 3.63) is 65.2 Å². The Morgan fingerprint density at radius 2 is 1.65 bits per heavy atom. The summed E-state index contributed by atoms with van der Waals surface area (Å²) in [7, 11) is 0. The molecule has 1 N–H and O–H groups in total. The number of rotatable bonds is 4. The van der Waals surface area contributed by atoms with E-state index in [0.29, 0.717) is 13.1 Å². The average Bonchev–Trinajstić information content (AvgIpc) is 2.63. The zero-order valence-corrected chi connectivity index (χ0v) is 15.2. The van der Waals surface area contributed by atoms with Crippen LogP contribution in [0, 0.1) is 5.92 Å². The fraction of sp³-hybridized carbons (Fsp3) is 0.273. The van der Waals surface area contributed by atoms with Crippen LogP contribution in [0.15, 0.2) is 48.5 Å². The molecule has 26 heavy (non-hydrogen) atoms. The summed E-state index contributed by atoms with van der Waals surface area (Å²) in [6.45, 7) is 4.56. The molecule has 0 unspecified atom stereocenters. The minimum atomic E-state index is -0.0791. The van der Waals surface area contributed by atoms with Crippen LogP contribution >= 0.6 is 0 Å². The summed E-state index contributed by atoms with van der Waals surface area (Å²) in [5, 5.41) is 2.82. The van der Waals surface area contributed by atoms with Crippen LogP contribution in [0.4, 0.5) is 5.69 Å². The maximum Gasteiger partial charge on any atom is 0.229 e. The highest BCUT2D eigenvalue weighted by atomic mass is 16.2. The molecule has 134 valence electrons. The molecule has 0 saturated heterocycles. The molecule has 4 nitrogen and oxygen atoms in total. The van der Waals surface area contributed by atoms with Crippen molar-refractivity contribution in [3.63, 3.8) is 0 Å². The third kappa shape index (κ3) is 4.02. The van der Waals surface area contributed by atoms with Crippen LogP contribution in [0.3, 0.4) is 0 Å². The number of fused-ring (bicyclic) bond motifs is 2. The molecule has 2 aromatic rings. The Kier molecular flexibility index (Phi) is 5.52. The van der Waals surface area contributed by atoms with Crippen LogP contribution in [0.5, 0.6) is 0 Å². The van der Waals surface area contributed by atoms with Gasteiger partial charge in [-0.3, -0.25) is 9.59 Å². The predicted molar refractivity (Wildman–Crippen MR) is 105 cm³/mol. The van der Waals surface area contributed by atoms with Crippen molar-refractivity contribution in [1.82, 2.24) is 5.32 Å². The molecule has 0 radical (unpaired) electrons. The maximum absolute atomic E-state index is 12.9. The van der Waals surface area contributed by atoms with E-state index in [1.165, 1.54) is 0 Å². The van der Waals surface area contributed by atoms with E-state index in [0.717, 1.165) is 22.4 Å². The Balaban J connectivity index is 1.84. The smallest absolute Gasteiger partial charge is 0.229 e. The Morgan fingerprint density at radius 3 is 2.42 bits per heavy atom. The molecule has 0 atom stereocenters. The van der Waals surface area contributed by atoms with Gasteiger partial charge in [0.1, 0.15) is 0 Å². The summed E-state index contributed by atoms with van der Waals surface area (Å²) in [4.78, 5) is 26.5. The minimum Gasteiger partial charge on any atom is -0.355 e. The highest BCUT2D eigenvalue weighted by Gasteiger charge is 2.20. The minimum absolute atomic E-state index is 0.00612. The van der Waals surface area contributed by atoms with Crippen LogP contribution in [-0.2, 0) is 16.1 Å². The number of anilines is 1. The van der Waals surface area contributed by atoms with Gasteiger partial charge in [-0.15, -0.1) is 0 Å². The lowest BCUT2D eigenvalue weighted by molar-refractivity contribution is -0.124. The number of carbonyl (C=O) groups excluding carboxylic acids is 2. The second-order valence-electron chi connectivity index (χ2n) is 6.77. The molecule has 2 amide bonds. The monoisotopic (exact) mass is 348 g/mol. The van der Waals surface area contributed by atoms with Gasteiger partial charge in [-0.1, -0.05) is 68.5 Å². The summed E-state index contributed by atoms with van der Waals surface area (Å²) in [6, 6.07) is 16.0. The van der Waals surface area contributed by atoms with Crippen molar-refractivity contribution >= 4 is 29.7 Å². The highest BCUT2D eigenvalue weighted by molar-refractivity contribution is 5.97. The zero-order valence-electron chi connectivity index (χ0n) is 15.2. The molecular formula is C22H24N2O2. The van der Waals surface area contributed by atoms with Gasteiger partial charge in [0.05, 0.1) is 12.2 Å². The van der Waals surface area contributed by atoms with Crippen molar-refractivity contribution in [1.29, 1.82) is 0 Å². The lowest BCUT2D eigenvalue weighted by atomic mass is 10.0. The molecule has 1 aliphatic rings. The molecule has 0 saturated carbocycles. The molecule has 3 rings (SSSR count). The summed E-state index contributed by atoms with van der Waals surface area (Å²) >= 11 is 0. The molecular weight excluding hydrogens is 324 g/mol. The normalized spacial score (nSPS) is 14.0. The highest BCUT2D eigenvalue weighted by Crippen LogP contribution is 2.29. The largest absolute Gasteiger partial charge is 0.355 e. The van der Waals surface area contributed by atoms with Gasteiger partial charge in [-0.25, -0.2) is 0 Å². The van der Waals surface area contributed by atoms with Gasteiger partial charge >= 0.3 is 0 Å². The Hall–Kier alpha value is -2.88. The van der Waals surface area contributed by atoms with E-state index in [1.54, 1.807) is 0 Å². The van der Waals surface area contributed by atoms with Crippen LogP contribution in [-0.4, -0.2) is 18.4 Å². The first-order valence-electron chi connectivity index (χ1n) is 8.99. The fourth-order valence-electron chi connectivity index (χ4n) is 3.00. The van der Waals surface area contributed by atoms with Crippen molar-refractivity contribution < 1.29 is 9.59 Å². The van der Waals surface area contributed by atoms with Gasteiger partial charge in [0.25, 0.3) is 0 Å². The number of para-hydroxylation sites is 1. The summed E-state index contributed by atoms with van der Waals surface area (Å²) in [5.41, 5.74) is 4.14. The lowest BCUT2D eigenvalue weighted by Crippen LogP contribution is -2.36. The Labute approximate surface area is 154 Å². The van der Waals surface area contributed by atoms with Crippen LogP contribution in [0.2, 0.25) is 0 Å². The van der Waals surface area contributed by atoms with Crippen molar-refractivity contribution in [2.45, 2.75) is 26.8 Å². The third-order valence-corrected chi connectivity index (χ3v) is 4.52. The molecule has 0 spiro atoms. The van der Waals surface area contributed by atoms with Crippen molar-refractivity contribution in [3.8, 4) is 0 Å². The Morgan fingerprint density at radius 1 is 1.00 bits per heavy atom. The van der Waals surface area contributed by atoms with Crippen molar-refractivity contribution in [2.24, 2.45) is 5.92 Å². The number of hydrogen-bond acceptors (Lipinski definition) is 2. The predicted octanol–water partition coefficient (Wildman–Crippen LogP) is 3.87. The van der Waals surface area contributed by atoms with E-state index in [2.05, 4.69) is 23.5 Å². The summed E-state index contributed by atoms with van der Waals surface area (Å²) in [5.74, 6) is -0.102. The Bertz CT molecular complexity index is 840. The molecule has 0 bridgehead atoms. The van der Waals surface area contributed by atoms with Gasteiger partial charge in [0, 0.05) is 18.9 Å². The van der Waals surface area contributed by atoms with Gasteiger partial charge in [0.15, 0.2) is 0 Å². The van der Waals surface area contributed by atoms with Gasteiger partial charge in [-0.05, 0) is 22.8 Å². The van der Waals surface area contributed by atoms with E-state index in [1.807, 2.05) is 61.2 Å². The van der Waals surface area contributed by atoms with E-state index < -0.39 is 0 Å². The van der Waals surface area contributed by atoms with Crippen LogP contribution < -0.4 is 10.2 Å². The van der Waals surface area contributed by atoms with E-state index >= 15 is 0 Å². The van der Waals surface area contributed by atoms with Gasteiger partial charge in [0.2, 0.25) is 11.8 Å². The fourth-order valence-corrected chi connectivity index (χ4v) is 3.00. The first kappa shape index (κ1) is 17.9.